The molecule has 4 rings (SSSR count). The summed E-state index contributed by atoms with van der Waals surface area (Å²) in [5.74, 6) is 1.49. The van der Waals surface area contributed by atoms with Gasteiger partial charge in [0.15, 0.2) is 0 Å². The quantitative estimate of drug-likeness (QED) is 0.803. The zero-order valence-corrected chi connectivity index (χ0v) is 15.7. The maximum absolute atomic E-state index is 12.7. The van der Waals surface area contributed by atoms with E-state index in [9.17, 15) is 4.79 Å². The van der Waals surface area contributed by atoms with Gasteiger partial charge in [-0.3, -0.25) is 14.7 Å². The Balaban J connectivity index is 1.47. The Morgan fingerprint density at radius 3 is 2.85 bits per heavy atom. The number of fused-ring (bicyclic) bond motifs is 2. The maximum Gasteiger partial charge on any atom is 0.256 e. The molecule has 0 aliphatic carbocycles. The van der Waals surface area contributed by atoms with E-state index >= 15 is 0 Å². The number of aromatic amines is 1. The molecule has 27 heavy (non-hydrogen) atoms. The van der Waals surface area contributed by atoms with E-state index in [4.69, 9.17) is 14.5 Å². The van der Waals surface area contributed by atoms with Crippen molar-refractivity contribution in [2.24, 2.45) is 0 Å². The van der Waals surface area contributed by atoms with Crippen LogP contribution in [0.1, 0.15) is 23.2 Å². The molecule has 0 atom stereocenters. The Bertz CT molecular complexity index is 843. The van der Waals surface area contributed by atoms with E-state index in [-0.39, 0.29) is 5.56 Å². The van der Waals surface area contributed by atoms with E-state index in [1.165, 1.54) is 0 Å². The van der Waals surface area contributed by atoms with Crippen molar-refractivity contribution in [2.75, 3.05) is 51.3 Å². The van der Waals surface area contributed by atoms with Crippen LogP contribution in [0.15, 0.2) is 29.1 Å². The second-order valence-corrected chi connectivity index (χ2v) is 7.06. The Morgan fingerprint density at radius 2 is 2.04 bits per heavy atom. The van der Waals surface area contributed by atoms with Gasteiger partial charge >= 0.3 is 0 Å². The van der Waals surface area contributed by atoms with Crippen molar-refractivity contribution in [1.29, 1.82) is 0 Å². The van der Waals surface area contributed by atoms with Crippen LogP contribution < -0.4 is 15.2 Å². The summed E-state index contributed by atoms with van der Waals surface area (Å²) in [5.41, 5.74) is 2.42. The topological polar surface area (TPSA) is 70.7 Å². The smallest absolute Gasteiger partial charge is 0.256 e. The first-order valence-corrected chi connectivity index (χ1v) is 9.53. The van der Waals surface area contributed by atoms with Crippen molar-refractivity contribution in [2.45, 2.75) is 19.4 Å². The van der Waals surface area contributed by atoms with Crippen LogP contribution in [0.5, 0.6) is 5.75 Å². The Morgan fingerprint density at radius 1 is 1.22 bits per heavy atom. The minimum atomic E-state index is -0.0576. The fourth-order valence-corrected chi connectivity index (χ4v) is 3.73. The number of aromatic nitrogens is 2. The first-order chi connectivity index (χ1) is 13.2. The molecule has 1 saturated heterocycles. The second kappa shape index (κ2) is 8.10. The molecule has 1 aromatic carbocycles. The summed E-state index contributed by atoms with van der Waals surface area (Å²) in [6.45, 7) is 5.81. The molecule has 0 unspecified atom stereocenters. The molecule has 3 heterocycles. The molecule has 7 heteroatoms. The summed E-state index contributed by atoms with van der Waals surface area (Å²) >= 11 is 0. The lowest BCUT2D eigenvalue weighted by Crippen LogP contribution is -2.47. The molecular formula is C20H26N4O3. The number of H-pyrrole nitrogens is 1. The van der Waals surface area contributed by atoms with Crippen LogP contribution in [-0.4, -0.2) is 61.3 Å². The third kappa shape index (κ3) is 3.99. The molecule has 2 aromatic rings. The number of piperazine rings is 1. The molecule has 2 aliphatic rings. The first kappa shape index (κ1) is 18.0. The SMILES string of the molecule is COCCCN1CCN(c2nc3c(c(=O)[nH]2)Cc2ccccc2OC3)CC1. The molecule has 1 aromatic heterocycles. The minimum absolute atomic E-state index is 0.0576. The third-order valence-electron chi connectivity index (χ3n) is 5.29. The van der Waals surface area contributed by atoms with Gasteiger partial charge in [-0.05, 0) is 18.1 Å². The van der Waals surface area contributed by atoms with Gasteiger partial charge in [0.1, 0.15) is 12.4 Å². The lowest BCUT2D eigenvalue weighted by atomic mass is 10.1. The lowest BCUT2D eigenvalue weighted by molar-refractivity contribution is 0.168. The number of para-hydroxylation sites is 1. The van der Waals surface area contributed by atoms with Crippen molar-refractivity contribution in [3.05, 3.63) is 51.4 Å². The number of rotatable bonds is 5. The van der Waals surface area contributed by atoms with Crippen LogP contribution >= 0.6 is 0 Å². The third-order valence-corrected chi connectivity index (χ3v) is 5.29. The average Bonchev–Trinajstić information content (AvgIpc) is 2.89. The number of ether oxygens (including phenoxy) is 2. The zero-order chi connectivity index (χ0) is 18.6. The lowest BCUT2D eigenvalue weighted by Gasteiger charge is -2.35. The molecule has 0 radical (unpaired) electrons. The van der Waals surface area contributed by atoms with Gasteiger partial charge in [-0.1, -0.05) is 18.2 Å². The van der Waals surface area contributed by atoms with Crippen molar-refractivity contribution in [3.63, 3.8) is 0 Å². The highest BCUT2D eigenvalue weighted by molar-refractivity contribution is 5.42. The van der Waals surface area contributed by atoms with Crippen molar-refractivity contribution in [1.82, 2.24) is 14.9 Å². The Hall–Kier alpha value is -2.38. The fourth-order valence-electron chi connectivity index (χ4n) is 3.73. The van der Waals surface area contributed by atoms with E-state index in [2.05, 4.69) is 14.8 Å². The van der Waals surface area contributed by atoms with Crippen LogP contribution in [0.2, 0.25) is 0 Å². The van der Waals surface area contributed by atoms with Gasteiger partial charge in [-0.25, -0.2) is 4.98 Å². The van der Waals surface area contributed by atoms with Gasteiger partial charge in [0.05, 0.1) is 5.69 Å². The van der Waals surface area contributed by atoms with Gasteiger partial charge in [0.2, 0.25) is 5.95 Å². The number of nitrogens with zero attached hydrogens (tertiary/aromatic N) is 3. The summed E-state index contributed by atoms with van der Waals surface area (Å²) in [6.07, 6.45) is 1.60. The number of benzene rings is 1. The van der Waals surface area contributed by atoms with E-state index < -0.39 is 0 Å². The van der Waals surface area contributed by atoms with Crippen molar-refractivity contribution in [3.8, 4) is 5.75 Å². The number of anilines is 1. The van der Waals surface area contributed by atoms with Crippen molar-refractivity contribution >= 4 is 5.95 Å². The summed E-state index contributed by atoms with van der Waals surface area (Å²) < 4.78 is 11.0. The molecule has 0 amide bonds. The number of hydrogen-bond acceptors (Lipinski definition) is 6. The molecule has 0 bridgehead atoms. The number of nitrogens with one attached hydrogen (secondary N) is 1. The first-order valence-electron chi connectivity index (χ1n) is 9.53. The molecule has 0 spiro atoms. The largest absolute Gasteiger partial charge is 0.487 e. The Kier molecular flexibility index (Phi) is 5.40. The minimum Gasteiger partial charge on any atom is -0.487 e. The van der Waals surface area contributed by atoms with E-state index in [1.807, 2.05) is 24.3 Å². The van der Waals surface area contributed by atoms with Gasteiger partial charge < -0.3 is 14.4 Å². The van der Waals surface area contributed by atoms with Gasteiger partial charge in [-0.2, -0.15) is 0 Å². The zero-order valence-electron chi connectivity index (χ0n) is 15.7. The molecule has 144 valence electrons. The summed E-state index contributed by atoms with van der Waals surface area (Å²) in [7, 11) is 1.74. The molecule has 1 N–H and O–H groups in total. The van der Waals surface area contributed by atoms with Crippen LogP contribution in [0.25, 0.3) is 0 Å². The molecule has 0 saturated carbocycles. The predicted molar refractivity (Wildman–Crippen MR) is 104 cm³/mol. The molecule has 1 fully saturated rings. The highest BCUT2D eigenvalue weighted by Crippen LogP contribution is 2.26. The number of methoxy groups -OCH3 is 1. The Labute approximate surface area is 158 Å². The van der Waals surface area contributed by atoms with Crippen LogP contribution in [0, 0.1) is 0 Å². The van der Waals surface area contributed by atoms with E-state index in [0.717, 1.165) is 62.8 Å². The summed E-state index contributed by atoms with van der Waals surface area (Å²) in [6, 6.07) is 7.86. The highest BCUT2D eigenvalue weighted by atomic mass is 16.5. The molecular weight excluding hydrogens is 344 g/mol. The van der Waals surface area contributed by atoms with E-state index in [0.29, 0.717) is 24.5 Å². The molecule has 2 aliphatic heterocycles. The maximum atomic E-state index is 12.7. The van der Waals surface area contributed by atoms with Crippen molar-refractivity contribution < 1.29 is 9.47 Å². The molecule has 7 nitrogen and oxygen atoms in total. The summed E-state index contributed by atoms with van der Waals surface area (Å²) in [4.78, 5) is 25.1. The average molecular weight is 370 g/mol. The summed E-state index contributed by atoms with van der Waals surface area (Å²) in [5, 5.41) is 0. The second-order valence-electron chi connectivity index (χ2n) is 7.06. The standard InChI is InChI=1S/C20H26N4O3/c1-26-12-4-7-23-8-10-24(11-9-23)20-21-17-14-27-18-6-3-2-5-15(18)13-16(17)19(25)22-20/h2-3,5-6H,4,7-14H2,1H3,(H,21,22,25). The highest BCUT2D eigenvalue weighted by Gasteiger charge is 2.23. The normalized spacial score (nSPS) is 17.0. The van der Waals surface area contributed by atoms with Crippen LogP contribution in [0.3, 0.4) is 0 Å². The van der Waals surface area contributed by atoms with Crippen LogP contribution in [0.4, 0.5) is 5.95 Å². The van der Waals surface area contributed by atoms with Crippen LogP contribution in [-0.2, 0) is 17.8 Å². The van der Waals surface area contributed by atoms with Gasteiger partial charge in [0.25, 0.3) is 5.56 Å². The number of hydrogen-bond donors (Lipinski definition) is 1. The van der Waals surface area contributed by atoms with Gasteiger partial charge in [-0.15, -0.1) is 0 Å². The van der Waals surface area contributed by atoms with E-state index in [1.54, 1.807) is 7.11 Å². The monoisotopic (exact) mass is 370 g/mol. The predicted octanol–water partition coefficient (Wildman–Crippen LogP) is 1.41. The fraction of sp³-hybridized carbons (Fsp3) is 0.500. The van der Waals surface area contributed by atoms with Gasteiger partial charge in [0, 0.05) is 58.4 Å².